The van der Waals surface area contributed by atoms with Crippen LogP contribution in [0.5, 0.6) is 0 Å². The van der Waals surface area contributed by atoms with Gasteiger partial charge in [0, 0.05) is 22.9 Å². The van der Waals surface area contributed by atoms with Crippen molar-refractivity contribution in [2.45, 2.75) is 30.6 Å². The maximum absolute atomic E-state index is 14.9. The van der Waals surface area contributed by atoms with E-state index in [2.05, 4.69) is 4.98 Å². The Hall–Kier alpha value is -3.97. The van der Waals surface area contributed by atoms with E-state index in [0.29, 0.717) is 45.4 Å². The van der Waals surface area contributed by atoms with Crippen LogP contribution in [0, 0.1) is 17.6 Å². The molecule has 1 aliphatic rings. The third-order valence-corrected chi connectivity index (χ3v) is 9.30. The highest BCUT2D eigenvalue weighted by Crippen LogP contribution is 2.39. The van der Waals surface area contributed by atoms with Gasteiger partial charge in [0.15, 0.2) is 5.69 Å². The maximum Gasteiger partial charge on any atom is 0.355 e. The third-order valence-electron chi connectivity index (χ3n) is 7.23. The number of rotatable bonds is 9. The molecule has 1 saturated carbocycles. The number of aromatic carboxylic acids is 1. The highest BCUT2D eigenvalue weighted by molar-refractivity contribution is 7.89. The van der Waals surface area contributed by atoms with E-state index in [9.17, 15) is 27.1 Å². The topological polar surface area (TPSA) is 128 Å². The van der Waals surface area contributed by atoms with Crippen LogP contribution in [0.1, 0.15) is 40.2 Å². The Morgan fingerprint density at radius 2 is 1.79 bits per heavy atom. The van der Waals surface area contributed by atoms with E-state index >= 15 is 0 Å². The van der Waals surface area contributed by atoms with E-state index in [1.54, 1.807) is 10.7 Å². The summed E-state index contributed by atoms with van der Waals surface area (Å²) in [4.78, 5) is 15.3. The lowest BCUT2D eigenvalue weighted by molar-refractivity contribution is 0.0691. The molecule has 0 amide bonds. The van der Waals surface area contributed by atoms with Gasteiger partial charge in [-0.3, -0.25) is 0 Å². The van der Waals surface area contributed by atoms with Crippen molar-refractivity contribution in [1.29, 1.82) is 0 Å². The monoisotopic (exact) mass is 640 g/mol. The minimum absolute atomic E-state index is 0.00974. The van der Waals surface area contributed by atoms with Gasteiger partial charge in [-0.1, -0.05) is 41.9 Å². The van der Waals surface area contributed by atoms with E-state index in [1.807, 2.05) is 24.3 Å². The molecule has 0 aliphatic heterocycles. The van der Waals surface area contributed by atoms with E-state index in [0.717, 1.165) is 47.6 Å². The molecular weight excluding hydrogens is 618 g/mol. The standard InChI is InChI=1S/C30H23ClF2N4O4S2/c31-22-8-7-19(14-23(22)32)18-2-1-3-20(13-18)28-21(10-17-6-9-27(24(33)11-17)43(34,40)41)26(12-16-4-5-16)37(36-28)30-35-25(15-42-30)29(38)39/h1-3,6-9,11,13-16H,4-5,10,12H2,(H,38,39)(H2,34,40,41). The molecule has 13 heteroatoms. The number of halogens is 3. The van der Waals surface area contributed by atoms with Crippen molar-refractivity contribution < 1.29 is 27.1 Å². The molecule has 43 heavy (non-hydrogen) atoms. The molecule has 6 rings (SSSR count). The number of carboxylic acids is 1. The first-order chi connectivity index (χ1) is 20.5. The first kappa shape index (κ1) is 29.1. The normalized spacial score (nSPS) is 13.4. The van der Waals surface area contributed by atoms with Crippen LogP contribution in [0.3, 0.4) is 0 Å². The summed E-state index contributed by atoms with van der Waals surface area (Å²) in [6.07, 6.45) is 2.86. The van der Waals surface area contributed by atoms with Crippen LogP contribution in [0.4, 0.5) is 8.78 Å². The number of sulfonamides is 1. The summed E-state index contributed by atoms with van der Waals surface area (Å²) >= 11 is 7.03. The van der Waals surface area contributed by atoms with Crippen molar-refractivity contribution in [2.24, 2.45) is 11.1 Å². The van der Waals surface area contributed by atoms with E-state index in [-0.39, 0.29) is 17.1 Å². The van der Waals surface area contributed by atoms with Crippen LogP contribution in [-0.2, 0) is 22.9 Å². The molecule has 1 fully saturated rings. The second-order valence-corrected chi connectivity index (χ2v) is 13.1. The van der Waals surface area contributed by atoms with Crippen molar-refractivity contribution >= 4 is 38.9 Å². The minimum atomic E-state index is -4.24. The smallest absolute Gasteiger partial charge is 0.355 e. The molecule has 3 aromatic carbocycles. The Labute approximate surface area is 254 Å². The van der Waals surface area contributed by atoms with Gasteiger partial charge in [0.1, 0.15) is 16.5 Å². The average molecular weight is 641 g/mol. The summed E-state index contributed by atoms with van der Waals surface area (Å²) in [5.74, 6) is -2.28. The zero-order valence-corrected chi connectivity index (χ0v) is 24.7. The summed E-state index contributed by atoms with van der Waals surface area (Å²) in [5, 5.41) is 21.4. The number of aromatic nitrogens is 3. The van der Waals surface area contributed by atoms with Gasteiger partial charge in [0.25, 0.3) is 0 Å². The van der Waals surface area contributed by atoms with Crippen LogP contribution in [-0.4, -0.2) is 34.3 Å². The molecule has 220 valence electrons. The first-order valence-corrected chi connectivity index (χ1v) is 16.0. The van der Waals surface area contributed by atoms with Gasteiger partial charge in [-0.15, -0.1) is 11.3 Å². The van der Waals surface area contributed by atoms with Gasteiger partial charge < -0.3 is 5.11 Å². The van der Waals surface area contributed by atoms with Crippen molar-refractivity contribution in [3.05, 3.63) is 105 Å². The molecule has 0 bridgehead atoms. The van der Waals surface area contributed by atoms with E-state index in [4.69, 9.17) is 21.8 Å². The number of carbonyl (C=O) groups is 1. The average Bonchev–Trinajstić information content (AvgIpc) is 3.51. The number of hydrogen-bond acceptors (Lipinski definition) is 6. The molecule has 0 radical (unpaired) electrons. The van der Waals surface area contributed by atoms with Crippen molar-refractivity contribution in [3.63, 3.8) is 0 Å². The number of carboxylic acid groups (broad SMARTS) is 1. The summed E-state index contributed by atoms with van der Waals surface area (Å²) in [6.45, 7) is 0. The number of primary sulfonamides is 1. The second-order valence-electron chi connectivity index (χ2n) is 10.3. The molecule has 8 nitrogen and oxygen atoms in total. The molecule has 2 aromatic heterocycles. The molecule has 0 saturated heterocycles. The molecular formula is C30H23ClF2N4O4S2. The maximum atomic E-state index is 14.9. The van der Waals surface area contributed by atoms with Crippen LogP contribution in [0.25, 0.3) is 27.5 Å². The van der Waals surface area contributed by atoms with Gasteiger partial charge in [-0.05, 0) is 72.2 Å². The number of thiazole rings is 1. The lowest BCUT2D eigenvalue weighted by atomic mass is 9.95. The van der Waals surface area contributed by atoms with E-state index < -0.39 is 32.5 Å². The molecule has 0 spiro atoms. The van der Waals surface area contributed by atoms with E-state index in [1.165, 1.54) is 23.6 Å². The van der Waals surface area contributed by atoms with Gasteiger partial charge in [-0.25, -0.2) is 36.8 Å². The van der Waals surface area contributed by atoms with Crippen LogP contribution in [0.2, 0.25) is 5.02 Å². The summed E-state index contributed by atoms with van der Waals surface area (Å²) < 4.78 is 54.4. The van der Waals surface area contributed by atoms with Gasteiger partial charge in [-0.2, -0.15) is 5.10 Å². The molecule has 5 aromatic rings. The van der Waals surface area contributed by atoms with Crippen LogP contribution in [0.15, 0.2) is 70.9 Å². The molecule has 0 atom stereocenters. The number of nitrogens with zero attached hydrogens (tertiary/aromatic N) is 3. The summed E-state index contributed by atoms with van der Waals surface area (Å²) in [5.41, 5.74) is 4.49. The fourth-order valence-electron chi connectivity index (χ4n) is 4.94. The summed E-state index contributed by atoms with van der Waals surface area (Å²) in [6, 6.07) is 15.7. The third kappa shape index (κ3) is 6.09. The van der Waals surface area contributed by atoms with Crippen molar-refractivity contribution in [3.8, 4) is 27.5 Å². The lowest BCUT2D eigenvalue weighted by Crippen LogP contribution is -2.14. The fraction of sp³-hybridized carbons (Fsp3) is 0.167. The fourth-order valence-corrected chi connectivity index (χ4v) is 6.42. The Morgan fingerprint density at radius 3 is 2.44 bits per heavy atom. The quantitative estimate of drug-likeness (QED) is 0.190. The minimum Gasteiger partial charge on any atom is -0.476 e. The number of benzene rings is 3. The lowest BCUT2D eigenvalue weighted by Gasteiger charge is -2.10. The van der Waals surface area contributed by atoms with Gasteiger partial charge in [0.2, 0.25) is 15.2 Å². The summed E-state index contributed by atoms with van der Waals surface area (Å²) in [7, 11) is -4.24. The molecule has 2 heterocycles. The van der Waals surface area contributed by atoms with Gasteiger partial charge in [0.05, 0.1) is 16.4 Å². The van der Waals surface area contributed by atoms with Crippen molar-refractivity contribution in [1.82, 2.24) is 14.8 Å². The van der Waals surface area contributed by atoms with Crippen molar-refractivity contribution in [2.75, 3.05) is 0 Å². The highest BCUT2D eigenvalue weighted by atomic mass is 35.5. The molecule has 1 aliphatic carbocycles. The Morgan fingerprint density at radius 1 is 1.05 bits per heavy atom. The van der Waals surface area contributed by atoms with Crippen LogP contribution < -0.4 is 5.14 Å². The first-order valence-electron chi connectivity index (χ1n) is 13.1. The highest BCUT2D eigenvalue weighted by Gasteiger charge is 2.29. The largest absolute Gasteiger partial charge is 0.476 e. The number of nitrogens with two attached hydrogens (primary N) is 1. The second kappa shape index (κ2) is 11.3. The zero-order chi connectivity index (χ0) is 30.5. The Kier molecular flexibility index (Phi) is 7.63. The van der Waals surface area contributed by atoms with Crippen LogP contribution >= 0.6 is 22.9 Å². The SMILES string of the molecule is NS(=O)(=O)c1ccc(Cc2c(-c3cccc(-c4ccc(Cl)c(F)c4)c3)nn(-c3nc(C(=O)O)cs3)c2CC2CC2)cc1F. The predicted octanol–water partition coefficient (Wildman–Crippen LogP) is 6.48. The molecule has 3 N–H and O–H groups in total. The molecule has 0 unspecified atom stereocenters. The van der Waals surface area contributed by atoms with Gasteiger partial charge >= 0.3 is 5.97 Å². The number of hydrogen-bond donors (Lipinski definition) is 2. The predicted molar refractivity (Wildman–Crippen MR) is 159 cm³/mol. The zero-order valence-electron chi connectivity index (χ0n) is 22.3. The Balaban J connectivity index is 1.52. The Bertz CT molecular complexity index is 2010.